The number of furan rings is 1. The van der Waals surface area contributed by atoms with Gasteiger partial charge in [0.15, 0.2) is 0 Å². The van der Waals surface area contributed by atoms with Gasteiger partial charge in [0.25, 0.3) is 5.91 Å². The zero-order valence-electron chi connectivity index (χ0n) is 15.7. The van der Waals surface area contributed by atoms with E-state index in [4.69, 9.17) is 9.15 Å². The predicted molar refractivity (Wildman–Crippen MR) is 101 cm³/mol. The fourth-order valence-electron chi connectivity index (χ4n) is 3.67. The summed E-state index contributed by atoms with van der Waals surface area (Å²) in [5.41, 5.74) is 1.22. The molecule has 4 heterocycles. The topological polar surface area (TPSA) is 102 Å². The standard InChI is InChI=1S/C19H25N5O4/c25-18(14-5-9-27-13-14)23-6-3-15(4-7-23)21-19(26)22-16-10-20-24(11-16)12-17-2-1-8-28-17/h5,9-11,13,15,17H,1-4,6-8,12H2,(H2,21,22,26). The van der Waals surface area contributed by atoms with Crippen molar-refractivity contribution in [3.63, 3.8) is 0 Å². The normalized spacial score (nSPS) is 20.3. The molecule has 9 heteroatoms. The molecule has 2 aromatic rings. The van der Waals surface area contributed by atoms with Crippen molar-refractivity contribution in [3.8, 4) is 0 Å². The third-order valence-electron chi connectivity index (χ3n) is 5.19. The fraction of sp³-hybridized carbons (Fsp3) is 0.526. The number of likely N-dealkylation sites (tertiary alicyclic amines) is 1. The molecule has 4 rings (SSSR count). The Kier molecular flexibility index (Phi) is 5.61. The molecule has 28 heavy (non-hydrogen) atoms. The van der Waals surface area contributed by atoms with Gasteiger partial charge in [-0.3, -0.25) is 9.48 Å². The highest BCUT2D eigenvalue weighted by atomic mass is 16.5. The summed E-state index contributed by atoms with van der Waals surface area (Å²) >= 11 is 0. The van der Waals surface area contributed by atoms with Gasteiger partial charge >= 0.3 is 6.03 Å². The molecule has 0 radical (unpaired) electrons. The van der Waals surface area contributed by atoms with Gasteiger partial charge in [0.05, 0.1) is 36.4 Å². The molecule has 2 aliphatic rings. The first-order valence-corrected chi connectivity index (χ1v) is 9.70. The number of piperidine rings is 1. The molecule has 1 atom stereocenters. The van der Waals surface area contributed by atoms with Crippen LogP contribution in [0.5, 0.6) is 0 Å². The van der Waals surface area contributed by atoms with Crippen molar-refractivity contribution in [2.75, 3.05) is 25.0 Å². The van der Waals surface area contributed by atoms with E-state index in [1.807, 2.05) is 6.20 Å². The lowest BCUT2D eigenvalue weighted by Crippen LogP contribution is -2.47. The second-order valence-electron chi connectivity index (χ2n) is 7.26. The largest absolute Gasteiger partial charge is 0.472 e. The summed E-state index contributed by atoms with van der Waals surface area (Å²) in [4.78, 5) is 26.4. The van der Waals surface area contributed by atoms with E-state index >= 15 is 0 Å². The maximum Gasteiger partial charge on any atom is 0.319 e. The lowest BCUT2D eigenvalue weighted by molar-refractivity contribution is 0.0708. The zero-order valence-corrected chi connectivity index (χ0v) is 15.7. The summed E-state index contributed by atoms with van der Waals surface area (Å²) in [6.45, 7) is 2.72. The number of anilines is 1. The van der Waals surface area contributed by atoms with Crippen LogP contribution in [0.2, 0.25) is 0 Å². The molecule has 2 fully saturated rings. The smallest absolute Gasteiger partial charge is 0.319 e. The van der Waals surface area contributed by atoms with Gasteiger partial charge in [0, 0.05) is 31.9 Å². The van der Waals surface area contributed by atoms with Crippen molar-refractivity contribution in [2.45, 2.75) is 44.4 Å². The number of aromatic nitrogens is 2. The first kappa shape index (κ1) is 18.5. The van der Waals surface area contributed by atoms with Gasteiger partial charge in [-0.1, -0.05) is 0 Å². The number of nitrogens with one attached hydrogen (secondary N) is 2. The van der Waals surface area contributed by atoms with E-state index in [0.717, 1.165) is 32.3 Å². The van der Waals surface area contributed by atoms with E-state index in [1.165, 1.54) is 12.5 Å². The molecular weight excluding hydrogens is 362 g/mol. The monoisotopic (exact) mass is 387 g/mol. The van der Waals surface area contributed by atoms with Crippen molar-refractivity contribution in [1.82, 2.24) is 20.0 Å². The summed E-state index contributed by atoms with van der Waals surface area (Å²) in [6.07, 6.45) is 10.2. The Bertz CT molecular complexity index is 789. The van der Waals surface area contributed by atoms with Gasteiger partial charge in [-0.2, -0.15) is 5.10 Å². The Morgan fingerprint density at radius 3 is 2.82 bits per heavy atom. The van der Waals surface area contributed by atoms with Gasteiger partial charge in [-0.25, -0.2) is 4.79 Å². The van der Waals surface area contributed by atoms with E-state index in [-0.39, 0.29) is 24.1 Å². The Labute approximate surface area is 163 Å². The maximum absolute atomic E-state index is 12.3. The van der Waals surface area contributed by atoms with Crippen molar-refractivity contribution in [3.05, 3.63) is 36.5 Å². The number of rotatable bonds is 5. The zero-order chi connectivity index (χ0) is 19.3. The summed E-state index contributed by atoms with van der Waals surface area (Å²) in [6, 6.07) is 1.45. The van der Waals surface area contributed by atoms with Gasteiger partial charge < -0.3 is 24.7 Å². The van der Waals surface area contributed by atoms with Gasteiger partial charge in [0.1, 0.15) is 6.26 Å². The highest BCUT2D eigenvalue weighted by Gasteiger charge is 2.25. The van der Waals surface area contributed by atoms with Crippen LogP contribution in [0.4, 0.5) is 10.5 Å². The molecule has 0 aromatic carbocycles. The summed E-state index contributed by atoms with van der Waals surface area (Å²) in [5.74, 6) is -0.0321. The third kappa shape index (κ3) is 4.53. The number of nitrogens with zero attached hydrogens (tertiary/aromatic N) is 3. The summed E-state index contributed by atoms with van der Waals surface area (Å²) in [5, 5.41) is 10.1. The third-order valence-corrected chi connectivity index (χ3v) is 5.19. The Morgan fingerprint density at radius 2 is 2.11 bits per heavy atom. The average Bonchev–Trinajstić information content (AvgIpc) is 3.45. The van der Waals surface area contributed by atoms with E-state index in [9.17, 15) is 9.59 Å². The van der Waals surface area contributed by atoms with Crippen molar-refractivity contribution in [1.29, 1.82) is 0 Å². The van der Waals surface area contributed by atoms with E-state index in [0.29, 0.717) is 30.9 Å². The van der Waals surface area contributed by atoms with Crippen LogP contribution in [-0.2, 0) is 11.3 Å². The number of hydrogen-bond acceptors (Lipinski definition) is 5. The van der Waals surface area contributed by atoms with Gasteiger partial charge in [-0.15, -0.1) is 0 Å². The highest BCUT2D eigenvalue weighted by molar-refractivity contribution is 5.94. The SMILES string of the molecule is O=C(Nc1cnn(CC2CCCO2)c1)NC1CCN(C(=O)c2ccoc2)CC1. The molecule has 0 aliphatic carbocycles. The molecular formula is C19H25N5O4. The number of amides is 3. The first-order chi connectivity index (χ1) is 13.7. The Hall–Kier alpha value is -2.81. The fourth-order valence-corrected chi connectivity index (χ4v) is 3.67. The number of carbonyl (C=O) groups is 2. The van der Waals surface area contributed by atoms with Crippen LogP contribution < -0.4 is 10.6 Å². The van der Waals surface area contributed by atoms with Crippen molar-refractivity contribution >= 4 is 17.6 Å². The minimum atomic E-state index is -0.253. The van der Waals surface area contributed by atoms with Crippen molar-refractivity contribution < 1.29 is 18.7 Å². The van der Waals surface area contributed by atoms with E-state index in [2.05, 4.69) is 15.7 Å². The van der Waals surface area contributed by atoms with Crippen LogP contribution in [0.3, 0.4) is 0 Å². The number of ether oxygens (including phenoxy) is 1. The van der Waals surface area contributed by atoms with Crippen LogP contribution in [0.1, 0.15) is 36.0 Å². The molecule has 0 bridgehead atoms. The second-order valence-corrected chi connectivity index (χ2v) is 7.26. The predicted octanol–water partition coefficient (Wildman–Crippen LogP) is 2.08. The quantitative estimate of drug-likeness (QED) is 0.818. The van der Waals surface area contributed by atoms with E-state index in [1.54, 1.807) is 21.8 Å². The molecule has 2 saturated heterocycles. The molecule has 0 saturated carbocycles. The summed E-state index contributed by atoms with van der Waals surface area (Å²) < 4.78 is 12.4. The molecule has 9 nitrogen and oxygen atoms in total. The van der Waals surface area contributed by atoms with Crippen LogP contribution in [-0.4, -0.2) is 58.5 Å². The molecule has 2 aliphatic heterocycles. The van der Waals surface area contributed by atoms with Crippen molar-refractivity contribution in [2.24, 2.45) is 0 Å². The minimum absolute atomic E-state index is 0.0321. The lowest BCUT2D eigenvalue weighted by atomic mass is 10.0. The van der Waals surface area contributed by atoms with Crippen LogP contribution >= 0.6 is 0 Å². The molecule has 2 aromatic heterocycles. The Balaban J connectivity index is 1.20. The van der Waals surface area contributed by atoms with Gasteiger partial charge in [-0.05, 0) is 31.7 Å². The van der Waals surface area contributed by atoms with Crippen LogP contribution in [0.15, 0.2) is 35.4 Å². The Morgan fingerprint density at radius 1 is 1.25 bits per heavy atom. The second kappa shape index (κ2) is 8.47. The van der Waals surface area contributed by atoms with E-state index < -0.39 is 0 Å². The molecule has 0 spiro atoms. The minimum Gasteiger partial charge on any atom is -0.472 e. The van der Waals surface area contributed by atoms with Gasteiger partial charge in [0.2, 0.25) is 0 Å². The molecule has 150 valence electrons. The lowest BCUT2D eigenvalue weighted by Gasteiger charge is -2.32. The number of urea groups is 1. The first-order valence-electron chi connectivity index (χ1n) is 9.70. The van der Waals surface area contributed by atoms with Crippen LogP contribution in [0.25, 0.3) is 0 Å². The van der Waals surface area contributed by atoms with Crippen LogP contribution in [0, 0.1) is 0 Å². The number of hydrogen-bond donors (Lipinski definition) is 2. The number of carbonyl (C=O) groups excluding carboxylic acids is 2. The molecule has 2 N–H and O–H groups in total. The summed E-state index contributed by atoms with van der Waals surface area (Å²) in [7, 11) is 0. The average molecular weight is 387 g/mol. The maximum atomic E-state index is 12.3. The molecule has 3 amide bonds. The molecule has 1 unspecified atom stereocenters. The highest BCUT2D eigenvalue weighted by Crippen LogP contribution is 2.16.